The van der Waals surface area contributed by atoms with E-state index < -0.39 is 9.05 Å². The Balaban J connectivity index is 2.08. The molecule has 2 rings (SSSR count). The van der Waals surface area contributed by atoms with Crippen LogP contribution < -0.4 is 5.32 Å². The van der Waals surface area contributed by atoms with Crippen molar-refractivity contribution in [3.63, 3.8) is 0 Å². The van der Waals surface area contributed by atoms with Crippen LogP contribution in [0.2, 0.25) is 0 Å². The molecule has 0 atom stereocenters. The van der Waals surface area contributed by atoms with Gasteiger partial charge in [-0.2, -0.15) is 0 Å². The summed E-state index contributed by atoms with van der Waals surface area (Å²) in [6.45, 7) is 2.15. The Morgan fingerprint density at radius 3 is 2.67 bits per heavy atom. The Kier molecular flexibility index (Phi) is 5.08. The van der Waals surface area contributed by atoms with Crippen LogP contribution >= 0.6 is 37.9 Å². The first kappa shape index (κ1) is 16.5. The van der Waals surface area contributed by atoms with Gasteiger partial charge >= 0.3 is 0 Å². The topological polar surface area (TPSA) is 63.2 Å². The first-order valence-electron chi connectivity index (χ1n) is 5.85. The molecule has 0 saturated carbocycles. The van der Waals surface area contributed by atoms with Crippen LogP contribution in [0.3, 0.4) is 0 Å². The Morgan fingerprint density at radius 1 is 1.33 bits per heavy atom. The summed E-state index contributed by atoms with van der Waals surface area (Å²) in [5, 5.41) is 2.75. The molecule has 1 aromatic heterocycles. The van der Waals surface area contributed by atoms with Crippen molar-refractivity contribution >= 4 is 52.9 Å². The number of carbonyl (C=O) groups is 1. The lowest BCUT2D eigenvalue weighted by molar-refractivity contribution is 0.0950. The summed E-state index contributed by atoms with van der Waals surface area (Å²) in [6, 6.07) is 8.55. The van der Waals surface area contributed by atoms with E-state index in [-0.39, 0.29) is 16.7 Å². The standard InChI is InChI=1S/C13H11BrClNO3S2/c1-8-2-4-11(14)10(6-8)13(17)16-7-9-3-5-12(20-9)21(15,18)19/h2-6H,7H2,1H3,(H,16,17). The van der Waals surface area contributed by atoms with E-state index in [1.54, 1.807) is 12.1 Å². The summed E-state index contributed by atoms with van der Waals surface area (Å²) in [7, 11) is 1.54. The van der Waals surface area contributed by atoms with Crippen molar-refractivity contribution in [1.29, 1.82) is 0 Å². The van der Waals surface area contributed by atoms with E-state index in [1.165, 1.54) is 6.07 Å². The molecule has 1 heterocycles. The van der Waals surface area contributed by atoms with E-state index in [1.807, 2.05) is 19.1 Å². The number of benzene rings is 1. The third-order valence-electron chi connectivity index (χ3n) is 2.67. The molecule has 1 N–H and O–H groups in total. The molecule has 8 heteroatoms. The van der Waals surface area contributed by atoms with Crippen molar-refractivity contribution in [3.8, 4) is 0 Å². The number of hydrogen-bond donors (Lipinski definition) is 1. The highest BCUT2D eigenvalue weighted by atomic mass is 79.9. The monoisotopic (exact) mass is 407 g/mol. The maximum Gasteiger partial charge on any atom is 0.270 e. The number of halogens is 2. The van der Waals surface area contributed by atoms with E-state index in [9.17, 15) is 13.2 Å². The zero-order valence-corrected chi connectivity index (χ0v) is 14.9. The van der Waals surface area contributed by atoms with Crippen molar-refractivity contribution in [2.75, 3.05) is 0 Å². The van der Waals surface area contributed by atoms with Gasteiger partial charge in [0.15, 0.2) is 0 Å². The van der Waals surface area contributed by atoms with Gasteiger partial charge < -0.3 is 5.32 Å². The number of amides is 1. The molecule has 21 heavy (non-hydrogen) atoms. The van der Waals surface area contributed by atoms with Crippen LogP contribution in [0.1, 0.15) is 20.8 Å². The molecule has 0 aliphatic heterocycles. The predicted octanol–water partition coefficient (Wildman–Crippen LogP) is 3.68. The number of nitrogens with one attached hydrogen (secondary N) is 1. The fourth-order valence-electron chi connectivity index (χ4n) is 1.66. The summed E-state index contributed by atoms with van der Waals surface area (Å²) in [5.41, 5.74) is 1.52. The van der Waals surface area contributed by atoms with Gasteiger partial charge in [0, 0.05) is 20.0 Å². The van der Waals surface area contributed by atoms with Crippen LogP contribution in [-0.4, -0.2) is 14.3 Å². The third-order valence-corrected chi connectivity index (χ3v) is 6.54. The van der Waals surface area contributed by atoms with Crippen molar-refractivity contribution in [2.45, 2.75) is 17.7 Å². The molecule has 0 saturated heterocycles. The number of carbonyl (C=O) groups excluding carboxylic acids is 1. The molecule has 0 fully saturated rings. The first-order valence-corrected chi connectivity index (χ1v) is 9.77. The minimum absolute atomic E-state index is 0.0742. The highest BCUT2D eigenvalue weighted by Gasteiger charge is 2.14. The number of aryl methyl sites for hydroxylation is 1. The molecule has 112 valence electrons. The molecular formula is C13H11BrClNO3S2. The molecule has 0 bridgehead atoms. The van der Waals surface area contributed by atoms with Crippen LogP contribution in [0, 0.1) is 6.92 Å². The van der Waals surface area contributed by atoms with Crippen molar-refractivity contribution in [1.82, 2.24) is 5.32 Å². The summed E-state index contributed by atoms with van der Waals surface area (Å²) >= 11 is 4.37. The zero-order chi connectivity index (χ0) is 15.6. The van der Waals surface area contributed by atoms with Crippen LogP contribution in [-0.2, 0) is 15.6 Å². The summed E-state index contributed by atoms with van der Waals surface area (Å²) in [4.78, 5) is 12.8. The lowest BCUT2D eigenvalue weighted by atomic mass is 10.1. The molecule has 0 spiro atoms. The maximum atomic E-state index is 12.1. The first-order chi connectivity index (χ1) is 9.77. The quantitative estimate of drug-likeness (QED) is 0.785. The third kappa shape index (κ3) is 4.29. The molecule has 0 aliphatic rings. The van der Waals surface area contributed by atoms with Gasteiger partial charge in [0.05, 0.1) is 12.1 Å². The number of hydrogen-bond acceptors (Lipinski definition) is 4. The molecule has 2 aromatic rings. The SMILES string of the molecule is Cc1ccc(Br)c(C(=O)NCc2ccc(S(=O)(=O)Cl)s2)c1. The summed E-state index contributed by atoms with van der Waals surface area (Å²) in [5.74, 6) is -0.228. The lowest BCUT2D eigenvalue weighted by Crippen LogP contribution is -2.22. The maximum absolute atomic E-state index is 12.1. The molecule has 0 unspecified atom stereocenters. The molecule has 1 aromatic carbocycles. The average Bonchev–Trinajstić information content (AvgIpc) is 2.87. The highest BCUT2D eigenvalue weighted by Crippen LogP contribution is 2.25. The Hall–Kier alpha value is -0.890. The van der Waals surface area contributed by atoms with Gasteiger partial charge in [-0.05, 0) is 47.1 Å². The van der Waals surface area contributed by atoms with Gasteiger partial charge in [-0.1, -0.05) is 11.6 Å². The van der Waals surface area contributed by atoms with E-state index in [0.717, 1.165) is 16.9 Å². The smallest absolute Gasteiger partial charge is 0.270 e. The fraction of sp³-hybridized carbons (Fsp3) is 0.154. The van der Waals surface area contributed by atoms with Crippen LogP contribution in [0.25, 0.3) is 0 Å². The Bertz CT molecular complexity index is 786. The minimum atomic E-state index is -3.71. The Labute approximate surface area is 139 Å². The van der Waals surface area contributed by atoms with Crippen molar-refractivity contribution < 1.29 is 13.2 Å². The van der Waals surface area contributed by atoms with Gasteiger partial charge in [0.25, 0.3) is 15.0 Å². The summed E-state index contributed by atoms with van der Waals surface area (Å²) in [6.07, 6.45) is 0. The minimum Gasteiger partial charge on any atom is -0.347 e. The summed E-state index contributed by atoms with van der Waals surface area (Å²) < 4.78 is 23.1. The van der Waals surface area contributed by atoms with E-state index in [0.29, 0.717) is 14.9 Å². The molecule has 0 radical (unpaired) electrons. The van der Waals surface area contributed by atoms with Gasteiger partial charge in [-0.3, -0.25) is 4.79 Å². The van der Waals surface area contributed by atoms with E-state index in [4.69, 9.17) is 10.7 Å². The highest BCUT2D eigenvalue weighted by molar-refractivity contribution is 9.10. The second-order valence-corrected chi connectivity index (χ2v) is 9.14. The molecule has 0 aliphatic carbocycles. The largest absolute Gasteiger partial charge is 0.347 e. The Morgan fingerprint density at radius 2 is 2.05 bits per heavy atom. The van der Waals surface area contributed by atoms with Crippen molar-refractivity contribution in [2.24, 2.45) is 0 Å². The second kappa shape index (κ2) is 6.48. The van der Waals surface area contributed by atoms with Gasteiger partial charge in [-0.15, -0.1) is 11.3 Å². The molecule has 1 amide bonds. The van der Waals surface area contributed by atoms with Gasteiger partial charge in [0.1, 0.15) is 4.21 Å². The normalized spacial score (nSPS) is 11.4. The van der Waals surface area contributed by atoms with E-state index >= 15 is 0 Å². The van der Waals surface area contributed by atoms with E-state index in [2.05, 4.69) is 21.2 Å². The zero-order valence-electron chi connectivity index (χ0n) is 10.9. The average molecular weight is 409 g/mol. The van der Waals surface area contributed by atoms with Crippen LogP contribution in [0.5, 0.6) is 0 Å². The second-order valence-electron chi connectivity index (χ2n) is 4.32. The van der Waals surface area contributed by atoms with Gasteiger partial charge in [0.2, 0.25) is 0 Å². The lowest BCUT2D eigenvalue weighted by Gasteiger charge is -2.06. The predicted molar refractivity (Wildman–Crippen MR) is 87.4 cm³/mol. The molecular weight excluding hydrogens is 398 g/mol. The number of thiophene rings is 1. The van der Waals surface area contributed by atoms with Crippen LogP contribution in [0.4, 0.5) is 0 Å². The van der Waals surface area contributed by atoms with Crippen molar-refractivity contribution in [3.05, 3.63) is 50.8 Å². The number of rotatable bonds is 4. The van der Waals surface area contributed by atoms with Crippen LogP contribution in [0.15, 0.2) is 39.0 Å². The van der Waals surface area contributed by atoms with Gasteiger partial charge in [-0.25, -0.2) is 8.42 Å². The molecule has 4 nitrogen and oxygen atoms in total. The fourth-order valence-corrected chi connectivity index (χ4v) is 4.15.